The summed E-state index contributed by atoms with van der Waals surface area (Å²) < 4.78 is 10.7. The standard InChI is InChI=1S/C26H39ClN6O2/c1-18(17-34-3)31-20-4-9-26(2,10-5-20)33-24-14-21(22(27)16-30-24)25-28-11-6-23(32-25)29-15-19-7-12-35-13-8-19/h6,11,14,16,18-20,31H,4-5,7-10,12-13,15,17H2,1-3H3,(H,30,33)(H,28,29,32). The first-order valence-corrected chi connectivity index (χ1v) is 13.2. The highest BCUT2D eigenvalue weighted by molar-refractivity contribution is 6.33. The number of nitrogens with zero attached hydrogens (tertiary/aromatic N) is 3. The minimum absolute atomic E-state index is 0.0191. The van der Waals surface area contributed by atoms with Gasteiger partial charge in [-0.3, -0.25) is 0 Å². The molecule has 0 amide bonds. The molecule has 1 aliphatic heterocycles. The first kappa shape index (κ1) is 26.1. The van der Waals surface area contributed by atoms with Gasteiger partial charge in [0.15, 0.2) is 5.82 Å². The number of nitrogens with one attached hydrogen (secondary N) is 3. The van der Waals surface area contributed by atoms with Crippen molar-refractivity contribution in [3.05, 3.63) is 29.5 Å². The van der Waals surface area contributed by atoms with E-state index in [1.807, 2.05) is 12.1 Å². The number of methoxy groups -OCH3 is 1. The fourth-order valence-electron chi connectivity index (χ4n) is 5.02. The van der Waals surface area contributed by atoms with Crippen molar-refractivity contribution in [1.82, 2.24) is 20.3 Å². The maximum absolute atomic E-state index is 6.53. The average molecular weight is 503 g/mol. The van der Waals surface area contributed by atoms with Gasteiger partial charge in [0, 0.05) is 62.4 Å². The lowest BCUT2D eigenvalue weighted by Gasteiger charge is -2.39. The summed E-state index contributed by atoms with van der Waals surface area (Å²) in [6.07, 6.45) is 9.98. The number of rotatable bonds is 10. The van der Waals surface area contributed by atoms with Crippen LogP contribution in [0.15, 0.2) is 24.5 Å². The number of halogens is 1. The van der Waals surface area contributed by atoms with Crippen molar-refractivity contribution in [2.45, 2.75) is 70.0 Å². The number of anilines is 2. The van der Waals surface area contributed by atoms with Crippen LogP contribution in [-0.4, -0.2) is 66.0 Å². The summed E-state index contributed by atoms with van der Waals surface area (Å²) in [6.45, 7) is 7.74. The summed E-state index contributed by atoms with van der Waals surface area (Å²) in [4.78, 5) is 13.8. The molecule has 2 aromatic rings. The van der Waals surface area contributed by atoms with Crippen molar-refractivity contribution in [1.29, 1.82) is 0 Å². The molecule has 1 saturated heterocycles. The Morgan fingerprint density at radius 1 is 1.17 bits per heavy atom. The molecule has 0 spiro atoms. The molecule has 9 heteroatoms. The highest BCUT2D eigenvalue weighted by atomic mass is 35.5. The number of pyridine rings is 1. The second-order valence-electron chi connectivity index (χ2n) is 10.2. The molecule has 4 rings (SSSR count). The van der Waals surface area contributed by atoms with Crippen molar-refractivity contribution in [3.63, 3.8) is 0 Å². The first-order chi connectivity index (χ1) is 16.9. The van der Waals surface area contributed by atoms with Crippen LogP contribution in [0.3, 0.4) is 0 Å². The van der Waals surface area contributed by atoms with Gasteiger partial charge >= 0.3 is 0 Å². The Hall–Kier alpha value is -2.00. The largest absolute Gasteiger partial charge is 0.383 e. The smallest absolute Gasteiger partial charge is 0.163 e. The van der Waals surface area contributed by atoms with E-state index in [1.165, 1.54) is 0 Å². The number of aromatic nitrogens is 3. The second-order valence-corrected chi connectivity index (χ2v) is 10.6. The van der Waals surface area contributed by atoms with Crippen molar-refractivity contribution in [3.8, 4) is 11.4 Å². The van der Waals surface area contributed by atoms with Gasteiger partial charge in [0.05, 0.1) is 11.6 Å². The average Bonchev–Trinajstić information content (AvgIpc) is 2.86. The van der Waals surface area contributed by atoms with Crippen LogP contribution in [0.5, 0.6) is 0 Å². The van der Waals surface area contributed by atoms with Gasteiger partial charge in [0.1, 0.15) is 11.6 Å². The van der Waals surface area contributed by atoms with E-state index in [2.05, 4.69) is 39.8 Å². The van der Waals surface area contributed by atoms with Crippen LogP contribution in [0.25, 0.3) is 11.4 Å². The summed E-state index contributed by atoms with van der Waals surface area (Å²) in [6, 6.07) is 4.76. The lowest BCUT2D eigenvalue weighted by atomic mass is 9.80. The van der Waals surface area contributed by atoms with Gasteiger partial charge in [-0.15, -0.1) is 0 Å². The Kier molecular flexibility index (Phi) is 9.16. The number of hydrogen-bond acceptors (Lipinski definition) is 8. The van der Waals surface area contributed by atoms with Crippen LogP contribution in [0, 0.1) is 5.92 Å². The van der Waals surface area contributed by atoms with Crippen LogP contribution < -0.4 is 16.0 Å². The van der Waals surface area contributed by atoms with E-state index >= 15 is 0 Å². The van der Waals surface area contributed by atoms with Gasteiger partial charge in [-0.05, 0) is 70.4 Å². The Balaban J connectivity index is 1.38. The van der Waals surface area contributed by atoms with E-state index < -0.39 is 0 Å². The fourth-order valence-corrected chi connectivity index (χ4v) is 5.21. The van der Waals surface area contributed by atoms with E-state index in [0.717, 1.165) is 82.1 Å². The first-order valence-electron chi connectivity index (χ1n) is 12.8. The molecule has 192 valence electrons. The molecule has 2 aliphatic rings. The predicted octanol–water partition coefficient (Wildman–Crippen LogP) is 4.77. The third-order valence-corrected chi connectivity index (χ3v) is 7.42. The van der Waals surface area contributed by atoms with E-state index in [4.69, 9.17) is 26.1 Å². The van der Waals surface area contributed by atoms with E-state index in [0.29, 0.717) is 28.8 Å². The molecule has 0 bridgehead atoms. The monoisotopic (exact) mass is 502 g/mol. The van der Waals surface area contributed by atoms with E-state index in [9.17, 15) is 0 Å². The van der Waals surface area contributed by atoms with E-state index in [1.54, 1.807) is 19.5 Å². The summed E-state index contributed by atoms with van der Waals surface area (Å²) in [5.74, 6) is 2.82. The summed E-state index contributed by atoms with van der Waals surface area (Å²) in [5.41, 5.74) is 0.764. The maximum Gasteiger partial charge on any atom is 0.163 e. The second kappa shape index (κ2) is 12.3. The zero-order chi connectivity index (χ0) is 24.7. The lowest BCUT2D eigenvalue weighted by Crippen LogP contribution is -2.47. The van der Waals surface area contributed by atoms with Gasteiger partial charge in [0.2, 0.25) is 0 Å². The van der Waals surface area contributed by atoms with Gasteiger partial charge in [-0.25, -0.2) is 15.0 Å². The van der Waals surface area contributed by atoms with Gasteiger partial charge in [0.25, 0.3) is 0 Å². The normalized spacial score (nSPS) is 24.2. The van der Waals surface area contributed by atoms with Crippen LogP contribution in [0.2, 0.25) is 5.02 Å². The third kappa shape index (κ3) is 7.49. The van der Waals surface area contributed by atoms with Crippen LogP contribution >= 0.6 is 11.6 Å². The molecule has 1 atom stereocenters. The topological polar surface area (TPSA) is 93.2 Å². The summed E-state index contributed by atoms with van der Waals surface area (Å²) in [5, 5.41) is 11.4. The lowest BCUT2D eigenvalue weighted by molar-refractivity contribution is 0.0699. The number of hydrogen-bond donors (Lipinski definition) is 3. The Morgan fingerprint density at radius 2 is 1.94 bits per heavy atom. The van der Waals surface area contributed by atoms with Crippen LogP contribution in [0.1, 0.15) is 52.4 Å². The van der Waals surface area contributed by atoms with Crippen molar-refractivity contribution < 1.29 is 9.47 Å². The maximum atomic E-state index is 6.53. The highest BCUT2D eigenvalue weighted by Crippen LogP contribution is 2.33. The molecule has 2 fully saturated rings. The highest BCUT2D eigenvalue weighted by Gasteiger charge is 2.32. The summed E-state index contributed by atoms with van der Waals surface area (Å²) in [7, 11) is 1.75. The molecule has 35 heavy (non-hydrogen) atoms. The molecule has 0 radical (unpaired) electrons. The summed E-state index contributed by atoms with van der Waals surface area (Å²) >= 11 is 6.53. The molecule has 3 heterocycles. The van der Waals surface area contributed by atoms with Crippen LogP contribution in [-0.2, 0) is 9.47 Å². The quantitative estimate of drug-likeness (QED) is 0.428. The molecular formula is C26H39ClN6O2. The fraction of sp³-hybridized carbons (Fsp3) is 0.654. The van der Waals surface area contributed by atoms with Crippen molar-refractivity contribution in [2.75, 3.05) is 44.1 Å². The zero-order valence-electron chi connectivity index (χ0n) is 21.1. The van der Waals surface area contributed by atoms with Crippen molar-refractivity contribution in [2.24, 2.45) is 5.92 Å². The molecule has 8 nitrogen and oxygen atoms in total. The molecule has 1 aliphatic carbocycles. The Bertz CT molecular complexity index is 947. The van der Waals surface area contributed by atoms with Gasteiger partial charge < -0.3 is 25.4 Å². The molecule has 3 N–H and O–H groups in total. The molecule has 1 saturated carbocycles. The van der Waals surface area contributed by atoms with Gasteiger partial charge in [-0.1, -0.05) is 11.6 Å². The minimum atomic E-state index is -0.0191. The zero-order valence-corrected chi connectivity index (χ0v) is 21.9. The number of ether oxygens (including phenoxy) is 2. The Labute approximate surface area is 214 Å². The Morgan fingerprint density at radius 3 is 2.69 bits per heavy atom. The third-order valence-electron chi connectivity index (χ3n) is 7.12. The van der Waals surface area contributed by atoms with E-state index in [-0.39, 0.29) is 5.54 Å². The van der Waals surface area contributed by atoms with Gasteiger partial charge in [-0.2, -0.15) is 0 Å². The molecule has 2 aromatic heterocycles. The molecule has 0 aromatic carbocycles. The SMILES string of the molecule is COCC(C)NC1CCC(C)(Nc2cc(-c3nccc(NCC4CCOCC4)n3)c(Cl)cn2)CC1. The minimum Gasteiger partial charge on any atom is -0.383 e. The van der Waals surface area contributed by atoms with Crippen molar-refractivity contribution >= 4 is 23.2 Å². The predicted molar refractivity (Wildman–Crippen MR) is 141 cm³/mol. The van der Waals surface area contributed by atoms with Crippen LogP contribution in [0.4, 0.5) is 11.6 Å². The molecule has 1 unspecified atom stereocenters. The molecular weight excluding hydrogens is 464 g/mol.